The number of halogens is 1. The molecule has 1 saturated carbocycles. The molecule has 0 aliphatic heterocycles. The summed E-state index contributed by atoms with van der Waals surface area (Å²) in [5, 5.41) is 0. The van der Waals surface area contributed by atoms with Crippen molar-refractivity contribution in [1.29, 1.82) is 0 Å². The summed E-state index contributed by atoms with van der Waals surface area (Å²) in [6.07, 6.45) is 5.89. The first kappa shape index (κ1) is 14.2. The summed E-state index contributed by atoms with van der Waals surface area (Å²) >= 11 is 0. The summed E-state index contributed by atoms with van der Waals surface area (Å²) in [5.41, 5.74) is 1.68. The fourth-order valence-corrected chi connectivity index (χ4v) is 2.12. The van der Waals surface area contributed by atoms with Gasteiger partial charge in [-0.1, -0.05) is 51.7 Å². The number of aryl methyl sites for hydroxylation is 2. The summed E-state index contributed by atoms with van der Waals surface area (Å²) in [4.78, 5) is 0. The predicted molar refractivity (Wildman–Crippen MR) is 74.8 cm³/mol. The van der Waals surface area contributed by atoms with E-state index >= 15 is 0 Å². The van der Waals surface area contributed by atoms with Gasteiger partial charge in [0.05, 0.1) is 0 Å². The lowest BCUT2D eigenvalue weighted by molar-refractivity contribution is 0.308. The van der Waals surface area contributed by atoms with Crippen LogP contribution in [-0.4, -0.2) is 0 Å². The van der Waals surface area contributed by atoms with Crippen molar-refractivity contribution in [2.75, 3.05) is 0 Å². The van der Waals surface area contributed by atoms with Gasteiger partial charge in [-0.2, -0.15) is 0 Å². The molecule has 0 saturated heterocycles. The summed E-state index contributed by atoms with van der Waals surface area (Å²) in [6.45, 7) is 8.37. The molecule has 0 amide bonds. The molecule has 0 unspecified atom stereocenters. The van der Waals surface area contributed by atoms with E-state index in [9.17, 15) is 4.39 Å². The van der Waals surface area contributed by atoms with Crippen LogP contribution in [0.3, 0.4) is 0 Å². The van der Waals surface area contributed by atoms with Gasteiger partial charge in [-0.3, -0.25) is 0 Å². The Morgan fingerprint density at radius 3 is 1.82 bits per heavy atom. The SMILES string of the molecule is CC1CCC(C)CC1.Cc1ccc(C)c(F)c1.[HH]. The molecular formula is C16H27F. The molecule has 0 N–H and O–H groups in total. The fraction of sp³-hybridized carbons (Fsp3) is 0.625. The second-order valence-corrected chi connectivity index (χ2v) is 5.62. The third-order valence-corrected chi connectivity index (χ3v) is 3.63. The zero-order valence-electron chi connectivity index (χ0n) is 11.6. The minimum absolute atomic E-state index is 0. The number of hydrogen-bond acceptors (Lipinski definition) is 0. The number of rotatable bonds is 0. The van der Waals surface area contributed by atoms with Gasteiger partial charge in [0.1, 0.15) is 5.82 Å². The molecule has 98 valence electrons. The van der Waals surface area contributed by atoms with Crippen LogP contribution in [0.4, 0.5) is 4.39 Å². The minimum atomic E-state index is -0.116. The van der Waals surface area contributed by atoms with Crippen LogP contribution in [0, 0.1) is 31.5 Å². The number of hydrogen-bond donors (Lipinski definition) is 0. The Kier molecular flexibility index (Phi) is 5.67. The van der Waals surface area contributed by atoms with Crippen LogP contribution in [0.15, 0.2) is 18.2 Å². The molecule has 0 atom stereocenters. The van der Waals surface area contributed by atoms with Crippen molar-refractivity contribution in [3.05, 3.63) is 35.1 Å². The van der Waals surface area contributed by atoms with Crippen LogP contribution < -0.4 is 0 Å². The Labute approximate surface area is 107 Å². The van der Waals surface area contributed by atoms with Gasteiger partial charge in [0.2, 0.25) is 0 Å². The van der Waals surface area contributed by atoms with Gasteiger partial charge in [0.15, 0.2) is 0 Å². The van der Waals surface area contributed by atoms with Gasteiger partial charge in [0.25, 0.3) is 0 Å². The van der Waals surface area contributed by atoms with E-state index in [4.69, 9.17) is 0 Å². The molecule has 1 fully saturated rings. The maximum atomic E-state index is 12.6. The highest BCUT2D eigenvalue weighted by Crippen LogP contribution is 2.27. The van der Waals surface area contributed by atoms with Crippen LogP contribution in [-0.2, 0) is 0 Å². The maximum absolute atomic E-state index is 12.6. The van der Waals surface area contributed by atoms with Crippen molar-refractivity contribution >= 4 is 0 Å². The van der Waals surface area contributed by atoms with Crippen molar-refractivity contribution in [2.45, 2.75) is 53.4 Å². The zero-order chi connectivity index (χ0) is 12.8. The van der Waals surface area contributed by atoms with E-state index < -0.39 is 0 Å². The van der Waals surface area contributed by atoms with E-state index in [2.05, 4.69) is 13.8 Å². The Bertz CT molecular complexity index is 331. The molecule has 1 aromatic rings. The van der Waals surface area contributed by atoms with Gasteiger partial charge < -0.3 is 0 Å². The highest BCUT2D eigenvalue weighted by molar-refractivity contribution is 5.21. The van der Waals surface area contributed by atoms with E-state index in [0.717, 1.165) is 17.4 Å². The first-order chi connectivity index (χ1) is 7.99. The molecule has 0 spiro atoms. The fourth-order valence-electron chi connectivity index (χ4n) is 2.12. The van der Waals surface area contributed by atoms with Crippen molar-refractivity contribution in [2.24, 2.45) is 11.8 Å². The molecule has 1 aromatic carbocycles. The lowest BCUT2D eigenvalue weighted by atomic mass is 9.84. The Morgan fingerprint density at radius 1 is 1.00 bits per heavy atom. The van der Waals surface area contributed by atoms with Gasteiger partial charge in [-0.05, 0) is 42.9 Å². The van der Waals surface area contributed by atoms with E-state index in [1.54, 1.807) is 13.0 Å². The van der Waals surface area contributed by atoms with Crippen molar-refractivity contribution in [3.8, 4) is 0 Å². The quantitative estimate of drug-likeness (QED) is 0.558. The van der Waals surface area contributed by atoms with Crippen LogP contribution in [0.25, 0.3) is 0 Å². The van der Waals surface area contributed by atoms with Gasteiger partial charge in [-0.25, -0.2) is 4.39 Å². The second-order valence-electron chi connectivity index (χ2n) is 5.62. The van der Waals surface area contributed by atoms with Crippen LogP contribution in [0.1, 0.15) is 52.1 Å². The molecule has 1 aliphatic rings. The van der Waals surface area contributed by atoms with Crippen molar-refractivity contribution in [1.82, 2.24) is 0 Å². The van der Waals surface area contributed by atoms with E-state index in [-0.39, 0.29) is 7.24 Å². The molecule has 0 nitrogen and oxygen atoms in total. The highest BCUT2D eigenvalue weighted by atomic mass is 19.1. The summed E-state index contributed by atoms with van der Waals surface area (Å²) in [7, 11) is 0. The molecule has 0 bridgehead atoms. The maximum Gasteiger partial charge on any atom is 0.126 e. The van der Waals surface area contributed by atoms with Crippen molar-refractivity contribution < 1.29 is 5.82 Å². The molecule has 0 heterocycles. The topological polar surface area (TPSA) is 0 Å². The van der Waals surface area contributed by atoms with Gasteiger partial charge >= 0.3 is 0 Å². The third kappa shape index (κ3) is 5.34. The minimum Gasteiger partial charge on any atom is -0.207 e. The largest absolute Gasteiger partial charge is 0.207 e. The molecule has 0 radical (unpaired) electrons. The predicted octanol–water partition coefficient (Wildman–Crippen LogP) is 5.52. The molecule has 17 heavy (non-hydrogen) atoms. The second kappa shape index (κ2) is 6.78. The standard InChI is InChI=1S/C8H9F.C8H16.H2/c1-6-3-4-7(2)8(9)5-6;1-7-3-5-8(2)6-4-7;/h3-5H,1-2H3;7-8H,3-6H2,1-2H3;1H. The molecule has 1 aliphatic carbocycles. The molecule has 0 aromatic heterocycles. The summed E-state index contributed by atoms with van der Waals surface area (Å²) < 4.78 is 12.6. The van der Waals surface area contributed by atoms with E-state index in [0.29, 0.717) is 5.56 Å². The Hall–Kier alpha value is -0.850. The Balaban J connectivity index is 0.000000306. The lowest BCUT2D eigenvalue weighted by Crippen LogP contribution is -2.08. The summed E-state index contributed by atoms with van der Waals surface area (Å²) in [6, 6.07) is 5.22. The highest BCUT2D eigenvalue weighted by Gasteiger charge is 2.13. The zero-order valence-corrected chi connectivity index (χ0v) is 11.6. The van der Waals surface area contributed by atoms with E-state index in [1.807, 2.05) is 13.0 Å². The normalized spacial score (nSPS) is 23.8. The van der Waals surface area contributed by atoms with Crippen LogP contribution in [0.2, 0.25) is 0 Å². The summed E-state index contributed by atoms with van der Waals surface area (Å²) in [5.74, 6) is 1.92. The Morgan fingerprint density at radius 2 is 1.47 bits per heavy atom. The van der Waals surface area contributed by atoms with Crippen molar-refractivity contribution in [3.63, 3.8) is 0 Å². The molecular weight excluding hydrogens is 211 g/mol. The smallest absolute Gasteiger partial charge is 0.126 e. The van der Waals surface area contributed by atoms with Crippen LogP contribution in [0.5, 0.6) is 0 Å². The molecule has 2 rings (SSSR count). The first-order valence-corrected chi connectivity index (χ1v) is 6.71. The molecule has 1 heteroatoms. The van der Waals surface area contributed by atoms with E-state index in [1.165, 1.54) is 31.7 Å². The first-order valence-electron chi connectivity index (χ1n) is 6.71. The number of benzene rings is 1. The lowest BCUT2D eigenvalue weighted by Gasteiger charge is -2.22. The average molecular weight is 238 g/mol. The van der Waals surface area contributed by atoms with Gasteiger partial charge in [0, 0.05) is 1.43 Å². The van der Waals surface area contributed by atoms with Gasteiger partial charge in [-0.15, -0.1) is 0 Å². The average Bonchev–Trinajstić information content (AvgIpc) is 2.29. The monoisotopic (exact) mass is 238 g/mol. The van der Waals surface area contributed by atoms with Crippen LogP contribution >= 0.6 is 0 Å². The third-order valence-electron chi connectivity index (χ3n) is 3.63.